The van der Waals surface area contributed by atoms with Crippen LogP contribution < -0.4 is 0 Å². The molecule has 0 spiro atoms. The molecule has 2 heteroatoms. The maximum absolute atomic E-state index is 4.08. The van der Waals surface area contributed by atoms with E-state index in [9.17, 15) is 0 Å². The summed E-state index contributed by atoms with van der Waals surface area (Å²) in [6.07, 6.45) is 10.7. The third-order valence-corrected chi connectivity index (χ3v) is 25.0. The first-order chi connectivity index (χ1) is 10.7. The van der Waals surface area contributed by atoms with Crippen LogP contribution in [0.25, 0.3) is 6.08 Å². The molecule has 0 fully saturated rings. The van der Waals surface area contributed by atoms with Crippen LogP contribution in [-0.2, 0) is 0 Å². The molecular formula is C20H33BrSn. The number of halogens is 1. The van der Waals surface area contributed by atoms with Crippen LogP contribution in [0, 0.1) is 0 Å². The van der Waals surface area contributed by atoms with Crippen molar-refractivity contribution in [3.8, 4) is 0 Å². The second kappa shape index (κ2) is 11.7. The number of benzene rings is 1. The SMILES string of the molecule is CCC[CH2][Sn]([CH2]CCC)([CH2]CCC)/[C](Br)=C/c1ccccc1. The standard InChI is InChI=1S/C8H6Br.3C4H9.Sn/c9-7-6-8-4-2-1-3-5-8;3*1-3-4-2;/h1-6H;3*1,3-4H2,2H3;. The zero-order valence-electron chi connectivity index (χ0n) is 14.7. The number of rotatable bonds is 11. The number of unbranched alkanes of at least 4 members (excludes halogenated alkanes) is 3. The molecule has 0 saturated carbocycles. The quantitative estimate of drug-likeness (QED) is 0.288. The van der Waals surface area contributed by atoms with Crippen LogP contribution >= 0.6 is 15.9 Å². The molecule has 0 aliphatic heterocycles. The van der Waals surface area contributed by atoms with Crippen molar-refractivity contribution in [2.24, 2.45) is 0 Å². The Hall–Kier alpha value is 0.239. The van der Waals surface area contributed by atoms with Crippen LogP contribution in [0.1, 0.15) is 64.9 Å². The van der Waals surface area contributed by atoms with Gasteiger partial charge in [0.15, 0.2) is 0 Å². The van der Waals surface area contributed by atoms with Crippen molar-refractivity contribution in [1.82, 2.24) is 0 Å². The third kappa shape index (κ3) is 6.78. The summed E-state index contributed by atoms with van der Waals surface area (Å²) in [4.78, 5) is 0. The molecule has 0 saturated heterocycles. The van der Waals surface area contributed by atoms with Gasteiger partial charge >= 0.3 is 151 Å². The molecule has 0 atom stereocenters. The molecule has 0 amide bonds. The van der Waals surface area contributed by atoms with Gasteiger partial charge in [-0.25, -0.2) is 0 Å². The maximum atomic E-state index is 4.08. The van der Waals surface area contributed by atoms with Crippen LogP contribution in [0.3, 0.4) is 0 Å². The van der Waals surface area contributed by atoms with Gasteiger partial charge in [-0.15, -0.1) is 0 Å². The predicted octanol–water partition coefficient (Wildman–Crippen LogP) is 7.81. The van der Waals surface area contributed by atoms with E-state index in [2.05, 4.69) is 73.1 Å². The van der Waals surface area contributed by atoms with Crippen molar-refractivity contribution in [3.63, 3.8) is 0 Å². The monoisotopic (exact) mass is 472 g/mol. The van der Waals surface area contributed by atoms with E-state index < -0.39 is 18.4 Å². The summed E-state index contributed by atoms with van der Waals surface area (Å²) >= 11 is 1.84. The van der Waals surface area contributed by atoms with E-state index in [-0.39, 0.29) is 0 Å². The molecule has 124 valence electrons. The Bertz CT molecular complexity index is 403. The van der Waals surface area contributed by atoms with E-state index in [1.807, 2.05) is 0 Å². The molecule has 0 radical (unpaired) electrons. The molecule has 0 nitrogen and oxygen atoms in total. The molecule has 0 aromatic heterocycles. The van der Waals surface area contributed by atoms with E-state index in [1.54, 1.807) is 2.50 Å². The van der Waals surface area contributed by atoms with Gasteiger partial charge in [-0.3, -0.25) is 0 Å². The van der Waals surface area contributed by atoms with Crippen molar-refractivity contribution in [1.29, 1.82) is 0 Å². The Kier molecular flexibility index (Phi) is 10.8. The summed E-state index contributed by atoms with van der Waals surface area (Å²) in [5.41, 5.74) is 1.36. The zero-order valence-corrected chi connectivity index (χ0v) is 19.1. The van der Waals surface area contributed by atoms with Gasteiger partial charge < -0.3 is 0 Å². The van der Waals surface area contributed by atoms with E-state index >= 15 is 0 Å². The van der Waals surface area contributed by atoms with E-state index in [1.165, 1.54) is 57.4 Å². The molecular weight excluding hydrogens is 439 g/mol. The Morgan fingerprint density at radius 3 is 1.73 bits per heavy atom. The van der Waals surface area contributed by atoms with Gasteiger partial charge in [-0.1, -0.05) is 0 Å². The summed E-state index contributed by atoms with van der Waals surface area (Å²) in [5.74, 6) is 0. The van der Waals surface area contributed by atoms with Crippen LogP contribution in [0.15, 0.2) is 32.8 Å². The van der Waals surface area contributed by atoms with Crippen molar-refractivity contribution >= 4 is 40.4 Å². The van der Waals surface area contributed by atoms with Crippen LogP contribution in [-0.4, -0.2) is 18.4 Å². The molecule has 0 unspecified atom stereocenters. The summed E-state index contributed by atoms with van der Waals surface area (Å²) in [6.45, 7) is 7.02. The Labute approximate surface area is 150 Å². The van der Waals surface area contributed by atoms with Gasteiger partial charge in [-0.05, 0) is 0 Å². The first-order valence-corrected chi connectivity index (χ1v) is 17.4. The zero-order chi connectivity index (χ0) is 16.3. The van der Waals surface area contributed by atoms with Crippen LogP contribution in [0.5, 0.6) is 0 Å². The van der Waals surface area contributed by atoms with E-state index in [4.69, 9.17) is 0 Å². The third-order valence-electron chi connectivity index (χ3n) is 4.63. The summed E-state index contributed by atoms with van der Waals surface area (Å²) < 4.78 is 6.20. The number of hydrogen-bond donors (Lipinski definition) is 0. The van der Waals surface area contributed by atoms with Gasteiger partial charge in [0.1, 0.15) is 0 Å². The first-order valence-electron chi connectivity index (χ1n) is 9.11. The first kappa shape index (κ1) is 20.3. The van der Waals surface area contributed by atoms with Crippen LogP contribution in [0.2, 0.25) is 13.3 Å². The van der Waals surface area contributed by atoms with Crippen LogP contribution in [0.4, 0.5) is 0 Å². The molecule has 1 aromatic carbocycles. The Balaban J connectivity index is 3.04. The van der Waals surface area contributed by atoms with Gasteiger partial charge in [0.05, 0.1) is 0 Å². The second-order valence-electron chi connectivity index (χ2n) is 6.49. The fourth-order valence-corrected chi connectivity index (χ4v) is 21.7. The summed E-state index contributed by atoms with van der Waals surface area (Å²) in [5, 5.41) is 0. The minimum absolute atomic E-state index is 1.34. The van der Waals surface area contributed by atoms with Gasteiger partial charge in [0.2, 0.25) is 0 Å². The number of hydrogen-bond acceptors (Lipinski definition) is 0. The normalized spacial score (nSPS) is 12.6. The van der Waals surface area contributed by atoms with Crippen molar-refractivity contribution in [2.45, 2.75) is 72.6 Å². The molecule has 0 bridgehead atoms. The average Bonchev–Trinajstić information content (AvgIpc) is 2.55. The Morgan fingerprint density at radius 2 is 1.32 bits per heavy atom. The van der Waals surface area contributed by atoms with Gasteiger partial charge in [0, 0.05) is 0 Å². The predicted molar refractivity (Wildman–Crippen MR) is 108 cm³/mol. The van der Waals surface area contributed by atoms with Gasteiger partial charge in [-0.2, -0.15) is 0 Å². The van der Waals surface area contributed by atoms with Crippen molar-refractivity contribution in [3.05, 3.63) is 38.4 Å². The molecule has 0 aliphatic rings. The molecule has 0 aliphatic carbocycles. The fourth-order valence-electron chi connectivity index (χ4n) is 3.13. The molecule has 0 N–H and O–H groups in total. The average molecular weight is 472 g/mol. The topological polar surface area (TPSA) is 0 Å². The fraction of sp³-hybridized carbons (Fsp3) is 0.600. The Morgan fingerprint density at radius 1 is 0.864 bits per heavy atom. The summed E-state index contributed by atoms with van der Waals surface area (Å²) in [7, 11) is 0. The van der Waals surface area contributed by atoms with Gasteiger partial charge in [0.25, 0.3) is 0 Å². The van der Waals surface area contributed by atoms with E-state index in [0.717, 1.165) is 0 Å². The second-order valence-corrected chi connectivity index (χ2v) is 22.6. The minimum atomic E-state index is -2.24. The molecule has 22 heavy (non-hydrogen) atoms. The molecule has 1 aromatic rings. The molecule has 0 heterocycles. The van der Waals surface area contributed by atoms with E-state index in [0.29, 0.717) is 0 Å². The summed E-state index contributed by atoms with van der Waals surface area (Å²) in [6, 6.07) is 10.9. The van der Waals surface area contributed by atoms with Crippen molar-refractivity contribution in [2.75, 3.05) is 0 Å². The molecule has 1 rings (SSSR count). The van der Waals surface area contributed by atoms with Crippen molar-refractivity contribution < 1.29 is 0 Å².